The smallest absolute Gasteiger partial charge is 0.306 e. The van der Waals surface area contributed by atoms with Gasteiger partial charge >= 0.3 is 6.18 Å². The third kappa shape index (κ3) is 3.52. The summed E-state index contributed by atoms with van der Waals surface area (Å²) in [6.45, 7) is 5.21. The molecule has 0 aromatic carbocycles. The summed E-state index contributed by atoms with van der Waals surface area (Å²) in [5, 5.41) is 5.88. The normalized spacial score (nSPS) is 11.8. The molecule has 0 fully saturated rings. The number of nitrogens with one attached hydrogen (secondary N) is 1. The Bertz CT molecular complexity index is 718. The fraction of sp³-hybridized carbons (Fsp3) is 0.400. The monoisotopic (exact) mass is 326 g/mol. The second kappa shape index (κ2) is 6.02. The van der Waals surface area contributed by atoms with Gasteiger partial charge in [0.2, 0.25) is 0 Å². The van der Waals surface area contributed by atoms with Crippen molar-refractivity contribution in [1.29, 1.82) is 0 Å². The van der Waals surface area contributed by atoms with Crippen molar-refractivity contribution in [3.8, 4) is 0 Å². The second-order valence-electron chi connectivity index (χ2n) is 5.52. The van der Waals surface area contributed by atoms with Gasteiger partial charge < -0.3 is 5.32 Å². The van der Waals surface area contributed by atoms with Crippen molar-refractivity contribution in [2.45, 2.75) is 32.9 Å². The molecular formula is C15H17F3N4O. The maximum absolute atomic E-state index is 12.8. The number of hydrogen-bond donors (Lipinski definition) is 1. The number of carbonyl (C=O) groups is 1. The molecule has 0 spiro atoms. The highest BCUT2D eigenvalue weighted by atomic mass is 19.4. The zero-order chi connectivity index (χ0) is 17.4. The number of halogens is 3. The number of pyridine rings is 1. The van der Waals surface area contributed by atoms with E-state index in [-0.39, 0.29) is 22.9 Å². The molecule has 0 aliphatic carbocycles. The first-order valence-corrected chi connectivity index (χ1v) is 6.99. The Balaban J connectivity index is 2.25. The number of aryl methyl sites for hydroxylation is 1. The summed E-state index contributed by atoms with van der Waals surface area (Å²) in [7, 11) is 1.35. The first-order chi connectivity index (χ1) is 10.6. The van der Waals surface area contributed by atoms with E-state index in [1.165, 1.54) is 20.2 Å². The Morgan fingerprint density at radius 1 is 1.30 bits per heavy atom. The molecule has 2 heterocycles. The molecule has 0 aliphatic rings. The third-order valence-corrected chi connectivity index (χ3v) is 3.42. The van der Waals surface area contributed by atoms with Gasteiger partial charge in [-0.2, -0.15) is 18.3 Å². The highest BCUT2D eigenvalue weighted by Crippen LogP contribution is 2.33. The number of hydrogen-bond acceptors (Lipinski definition) is 3. The van der Waals surface area contributed by atoms with E-state index in [1.807, 2.05) is 13.8 Å². The lowest BCUT2D eigenvalue weighted by Gasteiger charge is -2.08. The molecule has 0 bridgehead atoms. The van der Waals surface area contributed by atoms with Gasteiger partial charge in [-0.05, 0) is 25.0 Å². The molecule has 1 N–H and O–H groups in total. The average molecular weight is 326 g/mol. The predicted octanol–water partition coefficient (Wildman–Crippen LogP) is 3.52. The minimum absolute atomic E-state index is 0.00950. The van der Waals surface area contributed by atoms with Crippen LogP contribution in [-0.2, 0) is 13.2 Å². The van der Waals surface area contributed by atoms with Crippen LogP contribution in [0.5, 0.6) is 0 Å². The highest BCUT2D eigenvalue weighted by Gasteiger charge is 2.37. The van der Waals surface area contributed by atoms with E-state index in [0.717, 1.165) is 10.4 Å². The van der Waals surface area contributed by atoms with E-state index in [4.69, 9.17) is 0 Å². The first kappa shape index (κ1) is 17.0. The van der Waals surface area contributed by atoms with Crippen LogP contribution in [0.25, 0.3) is 0 Å². The fourth-order valence-electron chi connectivity index (χ4n) is 2.13. The van der Waals surface area contributed by atoms with E-state index in [1.54, 1.807) is 12.1 Å². The average Bonchev–Trinajstić information content (AvgIpc) is 2.75. The van der Waals surface area contributed by atoms with Gasteiger partial charge in [-0.15, -0.1) is 0 Å². The van der Waals surface area contributed by atoms with Gasteiger partial charge in [0.05, 0.1) is 5.56 Å². The van der Waals surface area contributed by atoms with E-state index in [9.17, 15) is 18.0 Å². The van der Waals surface area contributed by atoms with E-state index < -0.39 is 17.8 Å². The molecule has 2 aromatic rings. The predicted molar refractivity (Wildman–Crippen MR) is 79.2 cm³/mol. The maximum Gasteiger partial charge on any atom is 0.435 e. The topological polar surface area (TPSA) is 59.8 Å². The zero-order valence-electron chi connectivity index (χ0n) is 13.2. The SMILES string of the molecule is Cc1c(C(F)(F)F)nn(C)c1NC(=O)c1ccc(C(C)C)nc1. The van der Waals surface area contributed by atoms with Gasteiger partial charge in [-0.25, -0.2) is 0 Å². The summed E-state index contributed by atoms with van der Waals surface area (Å²) in [6, 6.07) is 3.31. The van der Waals surface area contributed by atoms with Crippen molar-refractivity contribution in [3.63, 3.8) is 0 Å². The second-order valence-corrected chi connectivity index (χ2v) is 5.52. The molecule has 0 atom stereocenters. The molecule has 8 heteroatoms. The van der Waals surface area contributed by atoms with Gasteiger partial charge in [0.1, 0.15) is 5.82 Å². The molecule has 5 nitrogen and oxygen atoms in total. The van der Waals surface area contributed by atoms with Crippen molar-refractivity contribution in [1.82, 2.24) is 14.8 Å². The Morgan fingerprint density at radius 3 is 2.39 bits per heavy atom. The number of aromatic nitrogens is 3. The lowest BCUT2D eigenvalue weighted by molar-refractivity contribution is -0.141. The number of rotatable bonds is 3. The van der Waals surface area contributed by atoms with Crippen LogP contribution in [0.4, 0.5) is 19.0 Å². The van der Waals surface area contributed by atoms with Crippen molar-refractivity contribution >= 4 is 11.7 Å². The molecule has 124 valence electrons. The molecule has 0 unspecified atom stereocenters. The van der Waals surface area contributed by atoms with Crippen LogP contribution in [0.15, 0.2) is 18.3 Å². The highest BCUT2D eigenvalue weighted by molar-refractivity contribution is 6.04. The zero-order valence-corrected chi connectivity index (χ0v) is 13.2. The third-order valence-electron chi connectivity index (χ3n) is 3.42. The van der Waals surface area contributed by atoms with Crippen LogP contribution in [0, 0.1) is 6.92 Å². The minimum Gasteiger partial charge on any atom is -0.306 e. The number of anilines is 1. The molecule has 0 radical (unpaired) electrons. The van der Waals surface area contributed by atoms with Gasteiger partial charge in [0.25, 0.3) is 5.91 Å². The molecular weight excluding hydrogens is 309 g/mol. The van der Waals surface area contributed by atoms with Gasteiger partial charge in [-0.3, -0.25) is 14.5 Å². The minimum atomic E-state index is -4.56. The van der Waals surface area contributed by atoms with Crippen molar-refractivity contribution in [2.75, 3.05) is 5.32 Å². The van der Waals surface area contributed by atoms with Gasteiger partial charge in [-0.1, -0.05) is 13.8 Å². The maximum atomic E-state index is 12.8. The number of carbonyl (C=O) groups excluding carboxylic acids is 1. The molecule has 2 aromatic heterocycles. The molecule has 0 saturated carbocycles. The molecule has 1 amide bonds. The lowest BCUT2D eigenvalue weighted by Crippen LogP contribution is -2.15. The summed E-state index contributed by atoms with van der Waals surface area (Å²) < 4.78 is 39.5. The quantitative estimate of drug-likeness (QED) is 0.939. The fourth-order valence-corrected chi connectivity index (χ4v) is 2.13. The summed E-state index contributed by atoms with van der Waals surface area (Å²) in [4.78, 5) is 16.4. The van der Waals surface area contributed by atoms with Crippen molar-refractivity contribution < 1.29 is 18.0 Å². The van der Waals surface area contributed by atoms with E-state index in [0.29, 0.717) is 0 Å². The van der Waals surface area contributed by atoms with Gasteiger partial charge in [0, 0.05) is 24.5 Å². The van der Waals surface area contributed by atoms with E-state index >= 15 is 0 Å². The summed E-state index contributed by atoms with van der Waals surface area (Å²) in [5.74, 6) is -0.302. The van der Waals surface area contributed by atoms with Crippen molar-refractivity contribution in [3.05, 3.63) is 40.8 Å². The van der Waals surface area contributed by atoms with Gasteiger partial charge in [0.15, 0.2) is 5.69 Å². The Labute approximate surface area is 131 Å². The molecule has 23 heavy (non-hydrogen) atoms. The van der Waals surface area contributed by atoms with Crippen LogP contribution < -0.4 is 5.32 Å². The Morgan fingerprint density at radius 2 is 1.96 bits per heavy atom. The van der Waals surface area contributed by atoms with Crippen LogP contribution in [0.3, 0.4) is 0 Å². The van der Waals surface area contributed by atoms with E-state index in [2.05, 4.69) is 15.4 Å². The molecule has 0 aliphatic heterocycles. The first-order valence-electron chi connectivity index (χ1n) is 6.99. The summed E-state index contributed by atoms with van der Waals surface area (Å²) >= 11 is 0. The largest absolute Gasteiger partial charge is 0.435 e. The van der Waals surface area contributed by atoms with Crippen LogP contribution >= 0.6 is 0 Å². The van der Waals surface area contributed by atoms with Crippen LogP contribution in [0.2, 0.25) is 0 Å². The summed E-state index contributed by atoms with van der Waals surface area (Å²) in [5.41, 5.74) is -0.0372. The molecule has 2 rings (SSSR count). The number of nitrogens with zero attached hydrogens (tertiary/aromatic N) is 3. The Kier molecular flexibility index (Phi) is 4.44. The van der Waals surface area contributed by atoms with Crippen molar-refractivity contribution in [2.24, 2.45) is 7.05 Å². The van der Waals surface area contributed by atoms with Crippen LogP contribution in [0.1, 0.15) is 47.1 Å². The number of amides is 1. The lowest BCUT2D eigenvalue weighted by atomic mass is 10.1. The summed E-state index contributed by atoms with van der Waals surface area (Å²) in [6.07, 6.45) is -3.16. The standard InChI is InChI=1S/C15H17F3N4O/c1-8(2)11-6-5-10(7-19-11)14(23)20-13-9(3)12(15(16,17)18)21-22(13)4/h5-8H,1-4H3,(H,20,23). The number of alkyl halides is 3. The van der Waals surface area contributed by atoms with Crippen LogP contribution in [-0.4, -0.2) is 20.7 Å². The molecule has 0 saturated heterocycles. The Hall–Kier alpha value is -2.38.